The van der Waals surface area contributed by atoms with Crippen molar-refractivity contribution < 1.29 is 9.84 Å². The van der Waals surface area contributed by atoms with Crippen molar-refractivity contribution in [1.29, 1.82) is 0 Å². The van der Waals surface area contributed by atoms with Crippen LogP contribution < -0.4 is 11.1 Å². The van der Waals surface area contributed by atoms with Gasteiger partial charge in [0.05, 0.1) is 11.7 Å². The molecule has 0 spiro atoms. The SMILES string of the molecule is CC(C)(O)C1=CC2/C(=C/CCN3CCNCC3)C(CCCN)CCOC2C=C1. The van der Waals surface area contributed by atoms with Crippen molar-refractivity contribution in [2.24, 2.45) is 17.6 Å². The third-order valence-electron chi connectivity index (χ3n) is 6.31. The van der Waals surface area contributed by atoms with Crippen LogP contribution in [0, 0.1) is 11.8 Å². The fourth-order valence-electron chi connectivity index (χ4n) is 4.63. The highest BCUT2D eigenvalue weighted by atomic mass is 16.5. The smallest absolute Gasteiger partial charge is 0.0859 e. The van der Waals surface area contributed by atoms with Crippen LogP contribution in [-0.4, -0.2) is 67.6 Å². The summed E-state index contributed by atoms with van der Waals surface area (Å²) in [6.07, 6.45) is 13.3. The summed E-state index contributed by atoms with van der Waals surface area (Å²) in [7, 11) is 0. The lowest BCUT2D eigenvalue weighted by molar-refractivity contribution is 0.0712. The Balaban J connectivity index is 1.80. The summed E-state index contributed by atoms with van der Waals surface area (Å²) < 4.78 is 6.20. The minimum absolute atomic E-state index is 0.0828. The molecule has 2 aliphatic heterocycles. The molecule has 28 heavy (non-hydrogen) atoms. The Bertz CT molecular complexity index is 585. The van der Waals surface area contributed by atoms with Gasteiger partial charge in [-0.15, -0.1) is 0 Å². The van der Waals surface area contributed by atoms with Crippen LogP contribution in [0.4, 0.5) is 0 Å². The van der Waals surface area contributed by atoms with E-state index in [9.17, 15) is 5.11 Å². The molecule has 1 aliphatic carbocycles. The van der Waals surface area contributed by atoms with Crippen LogP contribution >= 0.6 is 0 Å². The van der Waals surface area contributed by atoms with E-state index < -0.39 is 5.60 Å². The topological polar surface area (TPSA) is 70.8 Å². The molecule has 0 amide bonds. The summed E-state index contributed by atoms with van der Waals surface area (Å²) in [5.41, 5.74) is 7.48. The largest absolute Gasteiger partial charge is 0.386 e. The Morgan fingerprint density at radius 2 is 2.14 bits per heavy atom. The Kier molecular flexibility index (Phi) is 7.89. The maximum absolute atomic E-state index is 10.5. The second kappa shape index (κ2) is 10.2. The number of nitrogens with one attached hydrogen (secondary N) is 1. The van der Waals surface area contributed by atoms with Crippen molar-refractivity contribution in [3.63, 3.8) is 0 Å². The van der Waals surface area contributed by atoms with Crippen molar-refractivity contribution >= 4 is 0 Å². The Labute approximate surface area is 170 Å². The van der Waals surface area contributed by atoms with Crippen LogP contribution in [0.1, 0.15) is 39.5 Å². The van der Waals surface area contributed by atoms with E-state index >= 15 is 0 Å². The van der Waals surface area contributed by atoms with Gasteiger partial charge in [-0.05, 0) is 57.6 Å². The molecule has 0 aromatic rings. The third kappa shape index (κ3) is 5.77. The minimum atomic E-state index is -0.827. The van der Waals surface area contributed by atoms with Crippen LogP contribution in [0.3, 0.4) is 0 Å². The molecule has 3 atom stereocenters. The van der Waals surface area contributed by atoms with Crippen molar-refractivity contribution in [2.75, 3.05) is 45.9 Å². The summed E-state index contributed by atoms with van der Waals surface area (Å²) in [6, 6.07) is 0. The maximum atomic E-state index is 10.5. The van der Waals surface area contributed by atoms with Gasteiger partial charge in [0.25, 0.3) is 0 Å². The standard InChI is InChI=1S/C23H39N3O2/c1-23(2,27)19-7-8-22-21(17-19)20(18(5-3-10-24)9-16-28-22)6-4-13-26-14-11-25-12-15-26/h6-8,17-18,21-22,25,27H,3-5,9-16,24H2,1-2H3/b20-6+. The predicted molar refractivity (Wildman–Crippen MR) is 115 cm³/mol. The molecular weight excluding hydrogens is 350 g/mol. The van der Waals surface area contributed by atoms with Gasteiger partial charge >= 0.3 is 0 Å². The molecular formula is C23H39N3O2. The predicted octanol–water partition coefficient (Wildman–Crippen LogP) is 2.24. The summed E-state index contributed by atoms with van der Waals surface area (Å²) >= 11 is 0. The molecule has 0 bridgehead atoms. The summed E-state index contributed by atoms with van der Waals surface area (Å²) in [5, 5.41) is 14.0. The number of ether oxygens (including phenoxy) is 1. The van der Waals surface area contributed by atoms with Crippen molar-refractivity contribution in [1.82, 2.24) is 10.2 Å². The summed E-state index contributed by atoms with van der Waals surface area (Å²) in [4.78, 5) is 2.55. The van der Waals surface area contributed by atoms with Gasteiger partial charge in [-0.1, -0.05) is 29.9 Å². The average Bonchev–Trinajstić information content (AvgIpc) is 2.85. The quantitative estimate of drug-likeness (QED) is 0.583. The first kappa shape index (κ1) is 21.7. The molecule has 0 saturated carbocycles. The zero-order valence-electron chi connectivity index (χ0n) is 17.7. The minimum Gasteiger partial charge on any atom is -0.386 e. The second-order valence-electron chi connectivity index (χ2n) is 8.90. The molecule has 2 saturated heterocycles. The lowest BCUT2D eigenvalue weighted by Gasteiger charge is -2.32. The van der Waals surface area contributed by atoms with E-state index in [4.69, 9.17) is 10.5 Å². The third-order valence-corrected chi connectivity index (χ3v) is 6.31. The van der Waals surface area contributed by atoms with E-state index in [1.165, 1.54) is 5.57 Å². The van der Waals surface area contributed by atoms with Crippen LogP contribution in [0.15, 0.2) is 35.5 Å². The van der Waals surface area contributed by atoms with Crippen molar-refractivity contribution in [3.8, 4) is 0 Å². The number of nitrogens with two attached hydrogens (primary N) is 1. The average molecular weight is 390 g/mol. The molecule has 4 N–H and O–H groups in total. The van der Waals surface area contributed by atoms with Crippen LogP contribution in [-0.2, 0) is 4.74 Å². The number of nitrogens with zero attached hydrogens (tertiary/aromatic N) is 1. The molecule has 2 heterocycles. The molecule has 3 unspecified atom stereocenters. The van der Waals surface area contributed by atoms with Crippen molar-refractivity contribution in [2.45, 2.75) is 51.2 Å². The monoisotopic (exact) mass is 389 g/mol. The van der Waals surface area contributed by atoms with E-state index in [1.54, 1.807) is 0 Å². The second-order valence-corrected chi connectivity index (χ2v) is 8.90. The van der Waals surface area contributed by atoms with Crippen LogP contribution in [0.2, 0.25) is 0 Å². The summed E-state index contributed by atoms with van der Waals surface area (Å²) in [5.74, 6) is 0.743. The molecule has 0 radical (unpaired) electrons. The van der Waals surface area contributed by atoms with Gasteiger partial charge in [-0.2, -0.15) is 0 Å². The molecule has 3 rings (SSSR count). The van der Waals surface area contributed by atoms with Gasteiger partial charge in [0.15, 0.2) is 0 Å². The lowest BCUT2D eigenvalue weighted by Crippen LogP contribution is -2.43. The maximum Gasteiger partial charge on any atom is 0.0859 e. The number of piperazine rings is 1. The van der Waals surface area contributed by atoms with Crippen LogP contribution in [0.5, 0.6) is 0 Å². The van der Waals surface area contributed by atoms with Gasteiger partial charge < -0.3 is 25.8 Å². The molecule has 158 valence electrons. The van der Waals surface area contributed by atoms with E-state index in [2.05, 4.69) is 28.4 Å². The van der Waals surface area contributed by atoms with Crippen molar-refractivity contribution in [3.05, 3.63) is 35.5 Å². The Morgan fingerprint density at radius 3 is 2.86 bits per heavy atom. The van der Waals surface area contributed by atoms with E-state index in [1.807, 2.05) is 19.9 Å². The van der Waals surface area contributed by atoms with Gasteiger partial charge in [-0.3, -0.25) is 0 Å². The fourth-order valence-corrected chi connectivity index (χ4v) is 4.63. The fraction of sp³-hybridized carbons (Fsp3) is 0.739. The normalized spacial score (nSPS) is 30.8. The lowest BCUT2D eigenvalue weighted by atomic mass is 9.76. The zero-order valence-corrected chi connectivity index (χ0v) is 17.7. The number of rotatable bonds is 7. The highest BCUT2D eigenvalue weighted by molar-refractivity contribution is 5.37. The van der Waals surface area contributed by atoms with E-state index in [0.29, 0.717) is 5.92 Å². The van der Waals surface area contributed by atoms with Crippen LogP contribution in [0.25, 0.3) is 0 Å². The molecule has 2 fully saturated rings. The highest BCUT2D eigenvalue weighted by Crippen LogP contribution is 2.39. The molecule has 0 aromatic carbocycles. The Hall–Kier alpha value is -0.980. The van der Waals surface area contributed by atoms with Gasteiger partial charge in [0, 0.05) is 45.2 Å². The number of fused-ring (bicyclic) bond motifs is 1. The first-order chi connectivity index (χ1) is 13.5. The van der Waals surface area contributed by atoms with E-state index in [-0.39, 0.29) is 12.0 Å². The molecule has 5 nitrogen and oxygen atoms in total. The first-order valence-electron chi connectivity index (χ1n) is 11.1. The molecule has 5 heteroatoms. The highest BCUT2D eigenvalue weighted by Gasteiger charge is 2.34. The number of aliphatic hydroxyl groups is 1. The van der Waals surface area contributed by atoms with E-state index in [0.717, 1.165) is 77.1 Å². The van der Waals surface area contributed by atoms with Gasteiger partial charge in [-0.25, -0.2) is 0 Å². The molecule has 3 aliphatic rings. The first-order valence-corrected chi connectivity index (χ1v) is 11.1. The van der Waals surface area contributed by atoms with Gasteiger partial charge in [0.1, 0.15) is 0 Å². The molecule has 0 aromatic heterocycles. The van der Waals surface area contributed by atoms with Gasteiger partial charge in [0.2, 0.25) is 0 Å². The summed E-state index contributed by atoms with van der Waals surface area (Å²) in [6.45, 7) is 10.8. The Morgan fingerprint density at radius 1 is 1.36 bits per heavy atom. The number of hydrogen-bond acceptors (Lipinski definition) is 5. The number of hydrogen-bond donors (Lipinski definition) is 3. The zero-order chi connectivity index (χ0) is 20.0.